The molecular weight excluding hydrogens is 362 g/mol. The number of nitrogens with one attached hydrogen (secondary N) is 1. The summed E-state index contributed by atoms with van der Waals surface area (Å²) in [6.45, 7) is 6.33. The van der Waals surface area contributed by atoms with Crippen LogP contribution in [0.1, 0.15) is 51.8 Å². The third-order valence-electron chi connectivity index (χ3n) is 5.77. The van der Waals surface area contributed by atoms with Gasteiger partial charge >= 0.3 is 0 Å². The van der Waals surface area contributed by atoms with Gasteiger partial charge < -0.3 is 4.98 Å². The lowest BCUT2D eigenvalue weighted by atomic mass is 9.97. The first kappa shape index (κ1) is 18.4. The van der Waals surface area contributed by atoms with Gasteiger partial charge in [0.2, 0.25) is 0 Å². The molecular formula is C19H27N5O2S. The maximum absolute atomic E-state index is 12.5. The Morgan fingerprint density at radius 2 is 2.11 bits per heavy atom. The zero-order chi connectivity index (χ0) is 19.2. The molecule has 27 heavy (non-hydrogen) atoms. The number of sulfone groups is 1. The summed E-state index contributed by atoms with van der Waals surface area (Å²) in [6, 6.07) is 1.98. The predicted molar refractivity (Wildman–Crippen MR) is 105 cm³/mol. The fourth-order valence-electron chi connectivity index (χ4n) is 4.37. The quantitative estimate of drug-likeness (QED) is 0.699. The molecule has 1 N–H and O–H groups in total. The molecule has 0 saturated heterocycles. The molecule has 0 unspecified atom stereocenters. The summed E-state index contributed by atoms with van der Waals surface area (Å²) >= 11 is 0. The van der Waals surface area contributed by atoms with E-state index in [-0.39, 0.29) is 11.8 Å². The highest BCUT2D eigenvalue weighted by atomic mass is 32.2. The van der Waals surface area contributed by atoms with E-state index in [1.165, 1.54) is 0 Å². The molecule has 146 valence electrons. The van der Waals surface area contributed by atoms with Crippen LogP contribution in [0.25, 0.3) is 16.8 Å². The van der Waals surface area contributed by atoms with Crippen LogP contribution < -0.4 is 0 Å². The SMILES string of the molecule is CC(C)CCS(=O)(=O)C[C@H]1C[C@@H](C)[C@@H](c2nnc3cnc4[nH]ccc4n23)C1. The molecule has 0 spiro atoms. The molecule has 7 nitrogen and oxygen atoms in total. The highest BCUT2D eigenvalue weighted by molar-refractivity contribution is 7.91. The van der Waals surface area contributed by atoms with Gasteiger partial charge in [-0.15, -0.1) is 10.2 Å². The maximum Gasteiger partial charge on any atom is 0.179 e. The number of fused-ring (bicyclic) bond motifs is 3. The van der Waals surface area contributed by atoms with Crippen LogP contribution in [-0.4, -0.2) is 44.5 Å². The highest BCUT2D eigenvalue weighted by Crippen LogP contribution is 2.43. The monoisotopic (exact) mass is 389 g/mol. The standard InChI is InChI=1S/C19H27N5O2S/c1-12(2)5-7-27(25,26)11-14-8-13(3)15(9-14)19-23-22-17-10-21-18-16(24(17)19)4-6-20-18/h4,6,10,12-15,20H,5,7-9,11H2,1-3H3/t13-,14+,15+/m1/s1. The summed E-state index contributed by atoms with van der Waals surface area (Å²) in [6.07, 6.45) is 6.09. The molecule has 0 aliphatic heterocycles. The summed E-state index contributed by atoms with van der Waals surface area (Å²) in [5.41, 5.74) is 2.51. The van der Waals surface area contributed by atoms with Gasteiger partial charge in [0.1, 0.15) is 5.82 Å². The van der Waals surface area contributed by atoms with Crippen molar-refractivity contribution in [1.29, 1.82) is 0 Å². The molecule has 3 aromatic rings. The highest BCUT2D eigenvalue weighted by Gasteiger charge is 2.37. The van der Waals surface area contributed by atoms with E-state index < -0.39 is 9.84 Å². The second-order valence-corrected chi connectivity index (χ2v) is 10.7. The van der Waals surface area contributed by atoms with Gasteiger partial charge in [-0.1, -0.05) is 20.8 Å². The van der Waals surface area contributed by atoms with Crippen molar-refractivity contribution in [2.45, 2.75) is 46.0 Å². The molecule has 3 atom stereocenters. The Kier molecular flexibility index (Phi) is 4.70. The summed E-state index contributed by atoms with van der Waals surface area (Å²) in [5.74, 6) is 2.71. The van der Waals surface area contributed by atoms with Crippen molar-refractivity contribution in [2.24, 2.45) is 17.8 Å². The van der Waals surface area contributed by atoms with Crippen LogP contribution in [0.15, 0.2) is 18.5 Å². The van der Waals surface area contributed by atoms with Crippen molar-refractivity contribution >= 4 is 26.6 Å². The molecule has 1 aliphatic rings. The van der Waals surface area contributed by atoms with Gasteiger partial charge in [-0.3, -0.25) is 4.40 Å². The van der Waals surface area contributed by atoms with Gasteiger partial charge in [0.05, 0.1) is 23.2 Å². The number of aromatic amines is 1. The number of nitrogens with zero attached hydrogens (tertiary/aromatic N) is 4. The van der Waals surface area contributed by atoms with Crippen LogP contribution in [0.2, 0.25) is 0 Å². The van der Waals surface area contributed by atoms with Crippen LogP contribution in [0.4, 0.5) is 0 Å². The largest absolute Gasteiger partial charge is 0.345 e. The summed E-state index contributed by atoms with van der Waals surface area (Å²) in [4.78, 5) is 7.49. The topological polar surface area (TPSA) is 93.0 Å². The van der Waals surface area contributed by atoms with Crippen LogP contribution in [0.5, 0.6) is 0 Å². The van der Waals surface area contributed by atoms with Gasteiger partial charge in [-0.2, -0.15) is 0 Å². The molecule has 1 fully saturated rings. The molecule has 3 aromatic heterocycles. The number of H-pyrrole nitrogens is 1. The number of hydrogen-bond acceptors (Lipinski definition) is 5. The van der Waals surface area contributed by atoms with Gasteiger partial charge in [0, 0.05) is 12.1 Å². The van der Waals surface area contributed by atoms with E-state index in [9.17, 15) is 8.42 Å². The fourth-order valence-corrected chi connectivity index (χ4v) is 6.36. The van der Waals surface area contributed by atoms with Gasteiger partial charge in [0.25, 0.3) is 0 Å². The number of rotatable bonds is 6. The molecule has 1 aliphatic carbocycles. The average molecular weight is 390 g/mol. The van der Waals surface area contributed by atoms with E-state index in [1.807, 2.05) is 12.3 Å². The van der Waals surface area contributed by atoms with Crippen LogP contribution in [0.3, 0.4) is 0 Å². The normalized spacial score (nSPS) is 23.8. The Labute approximate surface area is 159 Å². The Morgan fingerprint density at radius 1 is 1.30 bits per heavy atom. The lowest BCUT2D eigenvalue weighted by Crippen LogP contribution is -2.18. The zero-order valence-electron chi connectivity index (χ0n) is 16.1. The van der Waals surface area contributed by atoms with Crippen molar-refractivity contribution in [2.75, 3.05) is 11.5 Å². The van der Waals surface area contributed by atoms with Crippen molar-refractivity contribution in [3.8, 4) is 0 Å². The van der Waals surface area contributed by atoms with Gasteiger partial charge in [-0.25, -0.2) is 13.4 Å². The Balaban J connectivity index is 1.57. The first-order valence-corrected chi connectivity index (χ1v) is 11.5. The minimum atomic E-state index is -3.00. The van der Waals surface area contributed by atoms with Crippen LogP contribution in [-0.2, 0) is 9.84 Å². The molecule has 0 bridgehead atoms. The van der Waals surface area contributed by atoms with Crippen LogP contribution >= 0.6 is 0 Å². The second kappa shape index (κ2) is 6.89. The maximum atomic E-state index is 12.5. The fraction of sp³-hybridized carbons (Fsp3) is 0.632. The third-order valence-corrected chi connectivity index (χ3v) is 7.61. The first-order valence-electron chi connectivity index (χ1n) is 9.71. The third kappa shape index (κ3) is 3.59. The van der Waals surface area contributed by atoms with E-state index >= 15 is 0 Å². The Morgan fingerprint density at radius 3 is 2.89 bits per heavy atom. The first-order chi connectivity index (χ1) is 12.8. The van der Waals surface area contributed by atoms with Crippen molar-refractivity contribution in [3.63, 3.8) is 0 Å². The molecule has 1 saturated carbocycles. The number of hydrogen-bond donors (Lipinski definition) is 1. The smallest absolute Gasteiger partial charge is 0.179 e. The van der Waals surface area contributed by atoms with Gasteiger partial charge in [0.15, 0.2) is 21.1 Å². The van der Waals surface area contributed by atoms with Crippen molar-refractivity contribution < 1.29 is 8.42 Å². The summed E-state index contributed by atoms with van der Waals surface area (Å²) in [7, 11) is -3.00. The minimum Gasteiger partial charge on any atom is -0.345 e. The Bertz CT molecular complexity index is 1050. The van der Waals surface area contributed by atoms with E-state index in [1.54, 1.807) is 6.20 Å². The van der Waals surface area contributed by atoms with Crippen molar-refractivity contribution in [3.05, 3.63) is 24.3 Å². The van der Waals surface area contributed by atoms with E-state index in [0.717, 1.165) is 41.9 Å². The average Bonchev–Trinajstić information content (AvgIpc) is 3.29. The van der Waals surface area contributed by atoms with E-state index in [0.29, 0.717) is 23.3 Å². The lowest BCUT2D eigenvalue weighted by molar-refractivity contribution is 0.504. The minimum absolute atomic E-state index is 0.193. The Hall–Kier alpha value is -1.96. The number of aromatic nitrogens is 5. The van der Waals surface area contributed by atoms with Gasteiger partial charge in [-0.05, 0) is 43.1 Å². The molecule has 8 heteroatoms. The predicted octanol–water partition coefficient (Wildman–Crippen LogP) is 3.20. The second-order valence-electron chi connectivity index (χ2n) is 8.44. The lowest BCUT2D eigenvalue weighted by Gasteiger charge is -2.13. The van der Waals surface area contributed by atoms with Crippen molar-refractivity contribution in [1.82, 2.24) is 24.6 Å². The molecule has 0 aromatic carbocycles. The summed E-state index contributed by atoms with van der Waals surface area (Å²) < 4.78 is 27.1. The summed E-state index contributed by atoms with van der Waals surface area (Å²) in [5, 5.41) is 8.75. The van der Waals surface area contributed by atoms with E-state index in [2.05, 4.69) is 45.3 Å². The molecule has 4 rings (SSSR count). The zero-order valence-corrected chi connectivity index (χ0v) is 16.9. The molecule has 0 radical (unpaired) electrons. The van der Waals surface area contributed by atoms with E-state index in [4.69, 9.17) is 0 Å². The molecule has 0 amide bonds. The molecule has 3 heterocycles. The van der Waals surface area contributed by atoms with Crippen LogP contribution in [0, 0.1) is 17.8 Å².